The minimum absolute atomic E-state index is 0.0748. The number of benzene rings is 1. The van der Waals surface area contributed by atoms with Crippen molar-refractivity contribution in [3.8, 4) is 5.75 Å². The number of ether oxygens (including phenoxy) is 1. The molecule has 128 valence electrons. The molecule has 0 atom stereocenters. The molecular weight excluding hydrogens is 324 g/mol. The maximum atomic E-state index is 12.4. The SMILES string of the molecule is COc1cccc(CN(C)C(=O)CSc2nnc(C)n2C2CC2)c1. The fourth-order valence-electron chi connectivity index (χ4n) is 2.57. The number of aryl methyl sites for hydroxylation is 1. The summed E-state index contributed by atoms with van der Waals surface area (Å²) < 4.78 is 7.37. The molecule has 0 spiro atoms. The molecule has 1 saturated carbocycles. The van der Waals surface area contributed by atoms with Gasteiger partial charge in [0.2, 0.25) is 5.91 Å². The van der Waals surface area contributed by atoms with Gasteiger partial charge < -0.3 is 14.2 Å². The van der Waals surface area contributed by atoms with Gasteiger partial charge >= 0.3 is 0 Å². The highest BCUT2D eigenvalue weighted by Gasteiger charge is 2.28. The number of hydrogen-bond acceptors (Lipinski definition) is 5. The van der Waals surface area contributed by atoms with E-state index in [9.17, 15) is 4.79 Å². The molecule has 1 aliphatic carbocycles. The highest BCUT2D eigenvalue weighted by atomic mass is 32.2. The topological polar surface area (TPSA) is 60.2 Å². The van der Waals surface area contributed by atoms with Gasteiger partial charge in [-0.15, -0.1) is 10.2 Å². The summed E-state index contributed by atoms with van der Waals surface area (Å²) in [6.07, 6.45) is 2.35. The zero-order valence-corrected chi connectivity index (χ0v) is 15.0. The van der Waals surface area contributed by atoms with Crippen molar-refractivity contribution < 1.29 is 9.53 Å². The van der Waals surface area contributed by atoms with E-state index in [2.05, 4.69) is 14.8 Å². The molecule has 7 heteroatoms. The number of nitrogens with zero attached hydrogens (tertiary/aromatic N) is 4. The molecule has 24 heavy (non-hydrogen) atoms. The van der Waals surface area contributed by atoms with Crippen LogP contribution in [0.2, 0.25) is 0 Å². The Morgan fingerprint density at radius 2 is 2.21 bits per heavy atom. The lowest BCUT2D eigenvalue weighted by molar-refractivity contribution is -0.127. The summed E-state index contributed by atoms with van der Waals surface area (Å²) in [5.41, 5.74) is 1.05. The minimum Gasteiger partial charge on any atom is -0.497 e. The van der Waals surface area contributed by atoms with Crippen LogP contribution in [0.3, 0.4) is 0 Å². The van der Waals surface area contributed by atoms with E-state index < -0.39 is 0 Å². The molecule has 3 rings (SSSR count). The summed E-state index contributed by atoms with van der Waals surface area (Å²) in [7, 11) is 3.46. The molecule has 1 aromatic heterocycles. The summed E-state index contributed by atoms with van der Waals surface area (Å²) in [4.78, 5) is 14.1. The Labute approximate surface area is 146 Å². The molecule has 2 aromatic rings. The first kappa shape index (κ1) is 16.8. The van der Waals surface area contributed by atoms with Crippen LogP contribution in [0.5, 0.6) is 5.75 Å². The smallest absolute Gasteiger partial charge is 0.233 e. The summed E-state index contributed by atoms with van der Waals surface area (Å²) in [5.74, 6) is 2.17. The lowest BCUT2D eigenvalue weighted by atomic mass is 10.2. The van der Waals surface area contributed by atoms with Gasteiger partial charge in [0.25, 0.3) is 0 Å². The normalized spacial score (nSPS) is 13.8. The first-order valence-electron chi connectivity index (χ1n) is 7.99. The average molecular weight is 346 g/mol. The fraction of sp³-hybridized carbons (Fsp3) is 0.471. The quantitative estimate of drug-likeness (QED) is 0.722. The average Bonchev–Trinajstić information content (AvgIpc) is 3.35. The Hall–Kier alpha value is -2.02. The van der Waals surface area contributed by atoms with Crippen molar-refractivity contribution in [3.63, 3.8) is 0 Å². The van der Waals surface area contributed by atoms with Crippen LogP contribution in [0.1, 0.15) is 30.3 Å². The van der Waals surface area contributed by atoms with Gasteiger partial charge in [-0.05, 0) is 37.5 Å². The number of aromatic nitrogens is 3. The standard InChI is InChI=1S/C17H22N4O2S/c1-12-18-19-17(21(12)14-7-8-14)24-11-16(22)20(2)10-13-5-4-6-15(9-13)23-3/h4-6,9,14H,7-8,10-11H2,1-3H3. The Morgan fingerprint density at radius 1 is 1.42 bits per heavy atom. The molecule has 0 bridgehead atoms. The number of methoxy groups -OCH3 is 1. The lowest BCUT2D eigenvalue weighted by Crippen LogP contribution is -2.27. The number of amides is 1. The van der Waals surface area contributed by atoms with Crippen molar-refractivity contribution in [3.05, 3.63) is 35.7 Å². The second-order valence-electron chi connectivity index (χ2n) is 6.02. The minimum atomic E-state index is 0.0748. The number of carbonyl (C=O) groups excluding carboxylic acids is 1. The van der Waals surface area contributed by atoms with Crippen molar-refractivity contribution in [1.82, 2.24) is 19.7 Å². The molecular formula is C17H22N4O2S. The third-order valence-electron chi connectivity index (χ3n) is 4.05. The molecule has 0 unspecified atom stereocenters. The first-order chi connectivity index (χ1) is 11.6. The molecule has 1 aliphatic rings. The highest BCUT2D eigenvalue weighted by Crippen LogP contribution is 2.38. The molecule has 0 aliphatic heterocycles. The molecule has 0 N–H and O–H groups in total. The Balaban J connectivity index is 1.56. The number of hydrogen-bond donors (Lipinski definition) is 0. The summed E-state index contributed by atoms with van der Waals surface area (Å²) >= 11 is 1.46. The lowest BCUT2D eigenvalue weighted by Gasteiger charge is -2.17. The zero-order valence-electron chi connectivity index (χ0n) is 14.2. The monoisotopic (exact) mass is 346 g/mol. The molecule has 1 heterocycles. The van der Waals surface area contributed by atoms with E-state index in [1.54, 1.807) is 12.0 Å². The molecule has 1 fully saturated rings. The van der Waals surface area contributed by atoms with Gasteiger partial charge in [0.1, 0.15) is 11.6 Å². The van der Waals surface area contributed by atoms with E-state index in [0.717, 1.165) is 22.3 Å². The second kappa shape index (κ2) is 7.25. The predicted molar refractivity (Wildman–Crippen MR) is 93.2 cm³/mol. The van der Waals surface area contributed by atoms with Crippen LogP contribution in [0.4, 0.5) is 0 Å². The van der Waals surface area contributed by atoms with E-state index in [1.807, 2.05) is 38.2 Å². The van der Waals surface area contributed by atoms with Gasteiger partial charge in [0.15, 0.2) is 5.16 Å². The van der Waals surface area contributed by atoms with Gasteiger partial charge in [-0.1, -0.05) is 23.9 Å². The molecule has 1 amide bonds. The number of rotatable bonds is 7. The summed E-state index contributed by atoms with van der Waals surface area (Å²) in [5, 5.41) is 9.19. The van der Waals surface area contributed by atoms with Gasteiger partial charge in [-0.25, -0.2) is 0 Å². The van der Waals surface area contributed by atoms with Gasteiger partial charge in [-0.2, -0.15) is 0 Å². The van der Waals surface area contributed by atoms with Crippen molar-refractivity contribution >= 4 is 17.7 Å². The third-order valence-corrected chi connectivity index (χ3v) is 4.98. The van der Waals surface area contributed by atoms with E-state index in [1.165, 1.54) is 24.6 Å². The Kier molecular flexibility index (Phi) is 5.08. The van der Waals surface area contributed by atoms with Gasteiger partial charge in [-0.3, -0.25) is 4.79 Å². The van der Waals surface area contributed by atoms with Crippen LogP contribution in [0.25, 0.3) is 0 Å². The second-order valence-corrected chi connectivity index (χ2v) is 6.96. The van der Waals surface area contributed by atoms with Crippen molar-refractivity contribution in [2.24, 2.45) is 0 Å². The number of carbonyl (C=O) groups is 1. The third kappa shape index (κ3) is 3.90. The van der Waals surface area contributed by atoms with Crippen LogP contribution >= 0.6 is 11.8 Å². The first-order valence-corrected chi connectivity index (χ1v) is 8.98. The molecule has 0 radical (unpaired) electrons. The molecule has 6 nitrogen and oxygen atoms in total. The largest absolute Gasteiger partial charge is 0.497 e. The van der Waals surface area contributed by atoms with Gasteiger partial charge in [0, 0.05) is 19.6 Å². The molecule has 1 aromatic carbocycles. The van der Waals surface area contributed by atoms with Crippen LogP contribution in [-0.4, -0.2) is 45.5 Å². The van der Waals surface area contributed by atoms with Crippen LogP contribution in [0.15, 0.2) is 29.4 Å². The van der Waals surface area contributed by atoms with E-state index >= 15 is 0 Å². The number of thioether (sulfide) groups is 1. The van der Waals surface area contributed by atoms with Crippen LogP contribution < -0.4 is 4.74 Å². The van der Waals surface area contributed by atoms with E-state index in [-0.39, 0.29) is 5.91 Å². The van der Waals surface area contributed by atoms with Gasteiger partial charge in [0.05, 0.1) is 12.9 Å². The van der Waals surface area contributed by atoms with Crippen molar-refractivity contribution in [1.29, 1.82) is 0 Å². The maximum Gasteiger partial charge on any atom is 0.233 e. The maximum absolute atomic E-state index is 12.4. The van der Waals surface area contributed by atoms with Crippen molar-refractivity contribution in [2.45, 2.75) is 37.5 Å². The van der Waals surface area contributed by atoms with Crippen LogP contribution in [-0.2, 0) is 11.3 Å². The Bertz CT molecular complexity index is 727. The fourth-order valence-corrected chi connectivity index (χ4v) is 3.56. The zero-order chi connectivity index (χ0) is 17.1. The van der Waals surface area contributed by atoms with Crippen molar-refractivity contribution in [2.75, 3.05) is 19.9 Å². The van der Waals surface area contributed by atoms with E-state index in [0.29, 0.717) is 18.3 Å². The highest BCUT2D eigenvalue weighted by molar-refractivity contribution is 7.99. The summed E-state index contributed by atoms with van der Waals surface area (Å²) in [6, 6.07) is 8.29. The predicted octanol–water partition coefficient (Wildman–Crippen LogP) is 2.68. The van der Waals surface area contributed by atoms with E-state index in [4.69, 9.17) is 4.74 Å². The molecule has 0 saturated heterocycles. The summed E-state index contributed by atoms with van der Waals surface area (Å²) in [6.45, 7) is 2.52. The Morgan fingerprint density at radius 3 is 2.92 bits per heavy atom. The van der Waals surface area contributed by atoms with Crippen LogP contribution in [0, 0.1) is 6.92 Å².